The number of para-hydroxylation sites is 1. The molecule has 1 aliphatic rings. The SMILES string of the molecule is CNc1nccnc1[C@@H]1CN(Cc2ccccc2OCC(=O)O)CCO1. The smallest absolute Gasteiger partial charge is 0.341 e. The van der Waals surface area contributed by atoms with Crippen LogP contribution in [0.1, 0.15) is 17.4 Å². The molecule has 0 amide bonds. The van der Waals surface area contributed by atoms with Crippen LogP contribution >= 0.6 is 0 Å². The first-order valence-corrected chi connectivity index (χ1v) is 8.42. The average molecular weight is 358 g/mol. The van der Waals surface area contributed by atoms with Crippen molar-refractivity contribution in [3.05, 3.63) is 47.9 Å². The van der Waals surface area contributed by atoms with Gasteiger partial charge in [0.2, 0.25) is 0 Å². The van der Waals surface area contributed by atoms with Crippen LogP contribution in [0.4, 0.5) is 5.82 Å². The number of benzene rings is 1. The van der Waals surface area contributed by atoms with E-state index in [1.807, 2.05) is 25.2 Å². The number of aromatic nitrogens is 2. The predicted octanol–water partition coefficient (Wildman–Crippen LogP) is 1.56. The number of aliphatic carboxylic acids is 1. The summed E-state index contributed by atoms with van der Waals surface area (Å²) in [6.45, 7) is 2.32. The lowest BCUT2D eigenvalue weighted by molar-refractivity contribution is -0.139. The van der Waals surface area contributed by atoms with Crippen LogP contribution < -0.4 is 10.1 Å². The number of nitrogens with one attached hydrogen (secondary N) is 1. The lowest BCUT2D eigenvalue weighted by atomic mass is 10.1. The van der Waals surface area contributed by atoms with Gasteiger partial charge in [-0.3, -0.25) is 9.88 Å². The van der Waals surface area contributed by atoms with Gasteiger partial charge in [0, 0.05) is 44.6 Å². The number of carboxylic acid groups (broad SMARTS) is 1. The summed E-state index contributed by atoms with van der Waals surface area (Å²) in [6, 6.07) is 7.49. The molecule has 1 atom stereocenters. The molecule has 1 aromatic carbocycles. The highest BCUT2D eigenvalue weighted by molar-refractivity contribution is 5.68. The molecule has 1 aromatic heterocycles. The average Bonchev–Trinajstić information content (AvgIpc) is 2.67. The molecular formula is C18H22N4O4. The molecule has 2 N–H and O–H groups in total. The van der Waals surface area contributed by atoms with E-state index >= 15 is 0 Å². The Balaban J connectivity index is 1.70. The molecule has 1 fully saturated rings. The zero-order valence-electron chi connectivity index (χ0n) is 14.6. The Morgan fingerprint density at radius 1 is 1.38 bits per heavy atom. The van der Waals surface area contributed by atoms with Crippen molar-refractivity contribution in [2.24, 2.45) is 0 Å². The molecule has 8 nitrogen and oxygen atoms in total. The second-order valence-electron chi connectivity index (χ2n) is 5.92. The molecule has 26 heavy (non-hydrogen) atoms. The normalized spacial score (nSPS) is 17.7. The first-order chi connectivity index (χ1) is 12.7. The summed E-state index contributed by atoms with van der Waals surface area (Å²) in [4.78, 5) is 21.7. The molecule has 3 rings (SSSR count). The second-order valence-corrected chi connectivity index (χ2v) is 5.92. The molecule has 2 aromatic rings. The number of morpholine rings is 1. The summed E-state index contributed by atoms with van der Waals surface area (Å²) in [6.07, 6.45) is 3.13. The molecule has 0 radical (unpaired) electrons. The van der Waals surface area contributed by atoms with Gasteiger partial charge < -0.3 is 19.9 Å². The fraction of sp³-hybridized carbons (Fsp3) is 0.389. The molecular weight excluding hydrogens is 336 g/mol. The van der Waals surface area contributed by atoms with E-state index in [-0.39, 0.29) is 12.7 Å². The van der Waals surface area contributed by atoms with Gasteiger partial charge in [0.25, 0.3) is 0 Å². The van der Waals surface area contributed by atoms with E-state index in [1.54, 1.807) is 18.5 Å². The molecule has 8 heteroatoms. The van der Waals surface area contributed by atoms with Crippen LogP contribution in [0.2, 0.25) is 0 Å². The van der Waals surface area contributed by atoms with Crippen LogP contribution in [0.3, 0.4) is 0 Å². The Morgan fingerprint density at radius 2 is 2.19 bits per heavy atom. The maximum absolute atomic E-state index is 10.8. The summed E-state index contributed by atoms with van der Waals surface area (Å²) < 4.78 is 11.3. The number of nitrogens with zero attached hydrogens (tertiary/aromatic N) is 3. The minimum atomic E-state index is -0.992. The van der Waals surface area contributed by atoms with E-state index in [0.29, 0.717) is 31.3 Å². The van der Waals surface area contributed by atoms with Gasteiger partial charge in [0.15, 0.2) is 6.61 Å². The Morgan fingerprint density at radius 3 is 3.00 bits per heavy atom. The Hall–Kier alpha value is -2.71. The summed E-state index contributed by atoms with van der Waals surface area (Å²) >= 11 is 0. The summed E-state index contributed by atoms with van der Waals surface area (Å²) in [7, 11) is 1.81. The van der Waals surface area contributed by atoms with Crippen molar-refractivity contribution in [2.45, 2.75) is 12.6 Å². The lowest BCUT2D eigenvalue weighted by Gasteiger charge is -2.33. The van der Waals surface area contributed by atoms with E-state index in [2.05, 4.69) is 20.2 Å². The van der Waals surface area contributed by atoms with Crippen LogP contribution in [-0.4, -0.2) is 59.3 Å². The van der Waals surface area contributed by atoms with Gasteiger partial charge in [-0.1, -0.05) is 18.2 Å². The van der Waals surface area contributed by atoms with Crippen LogP contribution in [-0.2, 0) is 16.1 Å². The Labute approximate surface area is 151 Å². The third-order valence-corrected chi connectivity index (χ3v) is 4.14. The highest BCUT2D eigenvalue weighted by Crippen LogP contribution is 2.27. The number of ether oxygens (including phenoxy) is 2. The quantitative estimate of drug-likeness (QED) is 0.770. The van der Waals surface area contributed by atoms with Crippen LogP contribution in [0.15, 0.2) is 36.7 Å². The zero-order valence-corrected chi connectivity index (χ0v) is 14.6. The molecule has 1 aliphatic heterocycles. The molecule has 0 bridgehead atoms. The number of carbonyl (C=O) groups is 1. The monoisotopic (exact) mass is 358 g/mol. The number of carboxylic acids is 1. The number of hydrogen-bond donors (Lipinski definition) is 2. The first-order valence-electron chi connectivity index (χ1n) is 8.42. The van der Waals surface area contributed by atoms with Gasteiger partial charge >= 0.3 is 5.97 Å². The maximum Gasteiger partial charge on any atom is 0.341 e. The fourth-order valence-corrected chi connectivity index (χ4v) is 2.94. The highest BCUT2D eigenvalue weighted by Gasteiger charge is 2.26. The Kier molecular flexibility index (Phi) is 5.98. The van der Waals surface area contributed by atoms with Crippen molar-refractivity contribution in [3.63, 3.8) is 0 Å². The minimum absolute atomic E-state index is 0.174. The number of rotatable bonds is 7. The molecule has 0 saturated carbocycles. The molecule has 0 spiro atoms. The largest absolute Gasteiger partial charge is 0.482 e. The molecule has 138 valence electrons. The van der Waals surface area contributed by atoms with E-state index < -0.39 is 5.97 Å². The van der Waals surface area contributed by atoms with Crippen LogP contribution in [0, 0.1) is 0 Å². The van der Waals surface area contributed by atoms with Gasteiger partial charge in [-0.25, -0.2) is 9.78 Å². The third-order valence-electron chi connectivity index (χ3n) is 4.14. The van der Waals surface area contributed by atoms with Crippen molar-refractivity contribution in [1.82, 2.24) is 14.9 Å². The number of hydrogen-bond acceptors (Lipinski definition) is 7. The van der Waals surface area contributed by atoms with Gasteiger partial charge in [-0.15, -0.1) is 0 Å². The molecule has 1 saturated heterocycles. The van der Waals surface area contributed by atoms with Crippen molar-refractivity contribution in [2.75, 3.05) is 38.7 Å². The highest BCUT2D eigenvalue weighted by atomic mass is 16.5. The number of anilines is 1. The summed E-state index contributed by atoms with van der Waals surface area (Å²) in [5.41, 5.74) is 1.73. The third kappa shape index (κ3) is 4.47. The maximum atomic E-state index is 10.8. The lowest BCUT2D eigenvalue weighted by Crippen LogP contribution is -2.38. The topological polar surface area (TPSA) is 96.8 Å². The van der Waals surface area contributed by atoms with Crippen molar-refractivity contribution in [3.8, 4) is 5.75 Å². The zero-order chi connectivity index (χ0) is 18.4. The standard InChI is InChI=1S/C18H22N4O4/c1-19-18-17(20-6-7-21-18)15-11-22(8-9-25-15)10-13-4-2-3-5-14(13)26-12-16(23)24/h2-7,15H,8-12H2,1H3,(H,19,21)(H,23,24)/t15-/m0/s1. The van der Waals surface area contributed by atoms with Crippen molar-refractivity contribution < 1.29 is 19.4 Å². The second kappa shape index (κ2) is 8.59. The van der Waals surface area contributed by atoms with Gasteiger partial charge in [0.05, 0.1) is 6.61 Å². The van der Waals surface area contributed by atoms with E-state index in [4.69, 9.17) is 14.6 Å². The minimum Gasteiger partial charge on any atom is -0.482 e. The van der Waals surface area contributed by atoms with E-state index in [9.17, 15) is 4.79 Å². The van der Waals surface area contributed by atoms with E-state index in [1.165, 1.54) is 0 Å². The van der Waals surface area contributed by atoms with Gasteiger partial charge in [-0.2, -0.15) is 0 Å². The Bertz CT molecular complexity index is 755. The molecule has 0 unspecified atom stereocenters. The van der Waals surface area contributed by atoms with Gasteiger partial charge in [-0.05, 0) is 6.07 Å². The predicted molar refractivity (Wildman–Crippen MR) is 95.1 cm³/mol. The molecule has 0 aliphatic carbocycles. The van der Waals surface area contributed by atoms with E-state index in [0.717, 1.165) is 17.8 Å². The van der Waals surface area contributed by atoms with Crippen molar-refractivity contribution >= 4 is 11.8 Å². The van der Waals surface area contributed by atoms with Crippen LogP contribution in [0.25, 0.3) is 0 Å². The summed E-state index contributed by atoms with van der Waals surface area (Å²) in [5, 5.41) is 11.9. The van der Waals surface area contributed by atoms with Gasteiger partial charge in [0.1, 0.15) is 23.4 Å². The van der Waals surface area contributed by atoms with Crippen molar-refractivity contribution in [1.29, 1.82) is 0 Å². The van der Waals surface area contributed by atoms with Crippen LogP contribution in [0.5, 0.6) is 5.75 Å². The fourth-order valence-electron chi connectivity index (χ4n) is 2.94. The molecule has 2 heterocycles. The summed E-state index contributed by atoms with van der Waals surface area (Å²) in [5.74, 6) is 0.311. The first kappa shape index (κ1) is 18.1.